The first-order valence-electron chi connectivity index (χ1n) is 10.3. The van der Waals surface area contributed by atoms with Crippen LogP contribution in [0, 0.1) is 0 Å². The first-order chi connectivity index (χ1) is 14.0. The molecule has 0 amide bonds. The number of ether oxygens (including phenoxy) is 2. The van der Waals surface area contributed by atoms with Gasteiger partial charge >= 0.3 is 0 Å². The second-order valence-electron chi connectivity index (χ2n) is 7.74. The zero-order valence-corrected chi connectivity index (χ0v) is 17.3. The number of carbonyl (C=O) groups is 1. The van der Waals surface area contributed by atoms with Gasteiger partial charge in [-0.1, -0.05) is 19.1 Å². The van der Waals surface area contributed by atoms with Gasteiger partial charge in [0.1, 0.15) is 23.4 Å². The maximum absolute atomic E-state index is 12.1. The molecule has 156 valence electrons. The fraction of sp³-hybridized carbons (Fsp3) is 0.458. The highest BCUT2D eigenvalue weighted by Gasteiger charge is 2.24. The molecule has 1 saturated heterocycles. The van der Waals surface area contributed by atoms with E-state index < -0.39 is 0 Å². The van der Waals surface area contributed by atoms with Crippen LogP contribution in [0.15, 0.2) is 48.5 Å². The van der Waals surface area contributed by atoms with Gasteiger partial charge < -0.3 is 19.2 Å². The van der Waals surface area contributed by atoms with Crippen molar-refractivity contribution >= 4 is 11.5 Å². The van der Waals surface area contributed by atoms with Crippen LogP contribution in [0.2, 0.25) is 0 Å². The number of benzene rings is 2. The zero-order valence-electron chi connectivity index (χ0n) is 17.3. The monoisotopic (exact) mass is 399 g/mol. The molecular formula is C24H30FNO3. The Labute approximate surface area is 172 Å². The number of carbonyl (C=O) groups excluding carboxylic acids is 1. The summed E-state index contributed by atoms with van der Waals surface area (Å²) in [6.45, 7) is 5.54. The molecule has 5 heteroatoms. The third-order valence-corrected chi connectivity index (χ3v) is 5.24. The SMILES string of the molecule is CC(=O)C[C@@H](C)c1ccc(OC2CCN(c3ccc(OCCCF)cc3)C2)cc1. The molecule has 1 unspecified atom stereocenters. The van der Waals surface area contributed by atoms with Crippen molar-refractivity contribution < 1.29 is 18.7 Å². The maximum Gasteiger partial charge on any atom is 0.130 e. The van der Waals surface area contributed by atoms with Crippen LogP contribution < -0.4 is 14.4 Å². The molecule has 1 aliphatic heterocycles. The van der Waals surface area contributed by atoms with Crippen molar-refractivity contribution in [2.24, 2.45) is 0 Å². The Balaban J connectivity index is 1.50. The average Bonchev–Trinajstić information content (AvgIpc) is 3.17. The third-order valence-electron chi connectivity index (χ3n) is 5.24. The maximum atomic E-state index is 12.1. The van der Waals surface area contributed by atoms with E-state index in [1.807, 2.05) is 36.4 Å². The molecule has 0 spiro atoms. The van der Waals surface area contributed by atoms with Gasteiger partial charge in [-0.2, -0.15) is 0 Å². The molecule has 1 fully saturated rings. The normalized spacial score (nSPS) is 17.2. The summed E-state index contributed by atoms with van der Waals surface area (Å²) in [6.07, 6.45) is 2.11. The smallest absolute Gasteiger partial charge is 0.130 e. The van der Waals surface area contributed by atoms with Gasteiger partial charge in [0, 0.05) is 31.5 Å². The Morgan fingerprint density at radius 2 is 1.83 bits per heavy atom. The van der Waals surface area contributed by atoms with E-state index in [9.17, 15) is 9.18 Å². The van der Waals surface area contributed by atoms with Gasteiger partial charge in [0.25, 0.3) is 0 Å². The van der Waals surface area contributed by atoms with Gasteiger partial charge in [-0.25, -0.2) is 0 Å². The quantitative estimate of drug-likeness (QED) is 0.517. The molecule has 0 saturated carbocycles. The molecule has 29 heavy (non-hydrogen) atoms. The first kappa shape index (κ1) is 21.2. The Morgan fingerprint density at radius 3 is 2.48 bits per heavy atom. The molecule has 1 aliphatic rings. The summed E-state index contributed by atoms with van der Waals surface area (Å²) in [6, 6.07) is 16.0. The molecular weight excluding hydrogens is 369 g/mol. The summed E-state index contributed by atoms with van der Waals surface area (Å²) in [5.41, 5.74) is 2.30. The number of hydrogen-bond acceptors (Lipinski definition) is 4. The summed E-state index contributed by atoms with van der Waals surface area (Å²) in [5, 5.41) is 0. The lowest BCUT2D eigenvalue weighted by molar-refractivity contribution is -0.117. The van der Waals surface area contributed by atoms with Gasteiger partial charge in [0.15, 0.2) is 0 Å². The number of halogens is 1. The molecule has 4 nitrogen and oxygen atoms in total. The number of alkyl halides is 1. The number of Topliss-reactive ketones (excluding diaryl/α,β-unsaturated/α-hetero) is 1. The van der Waals surface area contributed by atoms with Crippen molar-refractivity contribution in [3.05, 3.63) is 54.1 Å². The summed E-state index contributed by atoms with van der Waals surface area (Å²) in [5.74, 6) is 2.08. The molecule has 0 radical (unpaired) electrons. The van der Waals surface area contributed by atoms with Gasteiger partial charge in [0.05, 0.1) is 19.8 Å². The number of rotatable bonds is 10. The average molecular weight is 400 g/mol. The van der Waals surface area contributed by atoms with Crippen LogP contribution in [0.1, 0.15) is 44.6 Å². The highest BCUT2D eigenvalue weighted by atomic mass is 19.1. The van der Waals surface area contributed by atoms with E-state index >= 15 is 0 Å². The lowest BCUT2D eigenvalue weighted by Gasteiger charge is -2.20. The lowest BCUT2D eigenvalue weighted by Crippen LogP contribution is -2.24. The van der Waals surface area contributed by atoms with E-state index in [0.29, 0.717) is 19.4 Å². The van der Waals surface area contributed by atoms with Crippen molar-refractivity contribution in [2.75, 3.05) is 31.3 Å². The molecule has 2 atom stereocenters. The number of ketones is 1. The van der Waals surface area contributed by atoms with Crippen LogP contribution in [-0.4, -0.2) is 38.3 Å². The number of anilines is 1. The topological polar surface area (TPSA) is 38.8 Å². The van der Waals surface area contributed by atoms with Crippen LogP contribution in [0.5, 0.6) is 11.5 Å². The molecule has 3 rings (SSSR count). The molecule has 0 aliphatic carbocycles. The van der Waals surface area contributed by atoms with Crippen LogP contribution in [-0.2, 0) is 4.79 Å². The molecule has 0 N–H and O–H groups in total. The molecule has 0 aromatic heterocycles. The Hall–Kier alpha value is -2.56. The number of nitrogens with zero attached hydrogens (tertiary/aromatic N) is 1. The first-order valence-corrected chi connectivity index (χ1v) is 10.3. The second kappa shape index (κ2) is 10.3. The van der Waals surface area contributed by atoms with Gasteiger partial charge in [-0.05, 0) is 54.8 Å². The minimum Gasteiger partial charge on any atom is -0.493 e. The highest BCUT2D eigenvalue weighted by molar-refractivity contribution is 5.76. The molecule has 2 aromatic carbocycles. The predicted molar refractivity (Wildman–Crippen MR) is 114 cm³/mol. The van der Waals surface area contributed by atoms with E-state index in [4.69, 9.17) is 9.47 Å². The minimum absolute atomic E-state index is 0.149. The lowest BCUT2D eigenvalue weighted by atomic mass is 9.96. The van der Waals surface area contributed by atoms with E-state index in [2.05, 4.69) is 24.0 Å². The largest absolute Gasteiger partial charge is 0.493 e. The van der Waals surface area contributed by atoms with Crippen LogP contribution >= 0.6 is 0 Å². The summed E-state index contributed by atoms with van der Waals surface area (Å²) in [4.78, 5) is 13.6. The summed E-state index contributed by atoms with van der Waals surface area (Å²) < 4.78 is 23.8. The highest BCUT2D eigenvalue weighted by Crippen LogP contribution is 2.27. The van der Waals surface area contributed by atoms with Crippen molar-refractivity contribution in [1.82, 2.24) is 0 Å². The van der Waals surface area contributed by atoms with Crippen molar-refractivity contribution in [2.45, 2.75) is 45.1 Å². The standard InChI is InChI=1S/C24H30FNO3/c1-18(16-19(2)27)20-4-8-23(9-5-20)29-24-12-14-26(17-24)21-6-10-22(11-7-21)28-15-3-13-25/h4-11,18,24H,3,12-17H2,1-2H3/t18-,24?/m1/s1. The minimum atomic E-state index is -0.354. The molecule has 2 aromatic rings. The van der Waals surface area contributed by atoms with Crippen molar-refractivity contribution in [1.29, 1.82) is 0 Å². The third kappa shape index (κ3) is 6.21. The van der Waals surface area contributed by atoms with E-state index in [0.717, 1.165) is 42.3 Å². The fourth-order valence-corrected chi connectivity index (χ4v) is 3.67. The van der Waals surface area contributed by atoms with Crippen LogP contribution in [0.3, 0.4) is 0 Å². The van der Waals surface area contributed by atoms with Gasteiger partial charge in [-0.15, -0.1) is 0 Å². The summed E-state index contributed by atoms with van der Waals surface area (Å²) >= 11 is 0. The van der Waals surface area contributed by atoms with Crippen LogP contribution in [0.25, 0.3) is 0 Å². The Morgan fingerprint density at radius 1 is 1.14 bits per heavy atom. The van der Waals surface area contributed by atoms with Gasteiger partial charge in [0.2, 0.25) is 0 Å². The number of hydrogen-bond donors (Lipinski definition) is 0. The Kier molecular flexibility index (Phi) is 7.50. The molecule has 0 bridgehead atoms. The van der Waals surface area contributed by atoms with Crippen molar-refractivity contribution in [3.8, 4) is 11.5 Å². The fourth-order valence-electron chi connectivity index (χ4n) is 3.67. The zero-order chi connectivity index (χ0) is 20.6. The van der Waals surface area contributed by atoms with Crippen LogP contribution in [0.4, 0.5) is 10.1 Å². The van der Waals surface area contributed by atoms with Gasteiger partial charge in [-0.3, -0.25) is 4.39 Å². The van der Waals surface area contributed by atoms with E-state index in [1.165, 1.54) is 0 Å². The summed E-state index contributed by atoms with van der Waals surface area (Å²) in [7, 11) is 0. The molecule has 1 heterocycles. The second-order valence-corrected chi connectivity index (χ2v) is 7.74. The Bertz CT molecular complexity index is 776. The van der Waals surface area contributed by atoms with Crippen molar-refractivity contribution in [3.63, 3.8) is 0 Å². The van der Waals surface area contributed by atoms with E-state index in [-0.39, 0.29) is 24.5 Å². The predicted octanol–water partition coefficient (Wildman–Crippen LogP) is 5.17. The van der Waals surface area contributed by atoms with E-state index in [1.54, 1.807) is 6.92 Å².